The van der Waals surface area contributed by atoms with Gasteiger partial charge in [-0.2, -0.15) is 10.2 Å². The van der Waals surface area contributed by atoms with E-state index >= 15 is 0 Å². The molecule has 0 unspecified atom stereocenters. The lowest BCUT2D eigenvalue weighted by Crippen LogP contribution is -2.29. The molecular formula is C15H26Cl2N6O. The van der Waals surface area contributed by atoms with E-state index in [0.29, 0.717) is 25.6 Å². The number of aryl methyl sites for hydroxylation is 3. The summed E-state index contributed by atoms with van der Waals surface area (Å²) < 4.78 is 5.28. The van der Waals surface area contributed by atoms with E-state index in [-0.39, 0.29) is 30.5 Å². The normalized spacial score (nSPS) is 14.9. The summed E-state index contributed by atoms with van der Waals surface area (Å²) in [5.41, 5.74) is 0.988. The Bertz CT molecular complexity index is 686. The standard InChI is InChI=1S/C15H24N6O.2ClH/c1-3-20-14(13-4-7-16-8-5-13)18-21(15(20)22)11-10-19-9-6-12(2)17-19;;/h6,9,13,16H,3-5,7-8,10-11H2,1-2H3;2*1H. The molecule has 1 saturated heterocycles. The Morgan fingerprint density at radius 1 is 1.21 bits per heavy atom. The van der Waals surface area contributed by atoms with Gasteiger partial charge in [0, 0.05) is 18.7 Å². The molecule has 0 spiro atoms. The first-order valence-corrected chi connectivity index (χ1v) is 8.07. The minimum Gasteiger partial charge on any atom is -0.317 e. The maximum absolute atomic E-state index is 12.5. The van der Waals surface area contributed by atoms with Gasteiger partial charge in [0.1, 0.15) is 5.82 Å². The van der Waals surface area contributed by atoms with Gasteiger partial charge in [-0.25, -0.2) is 9.48 Å². The van der Waals surface area contributed by atoms with Crippen LogP contribution in [0.4, 0.5) is 0 Å². The summed E-state index contributed by atoms with van der Waals surface area (Å²) >= 11 is 0. The molecule has 9 heteroatoms. The highest BCUT2D eigenvalue weighted by Gasteiger charge is 2.23. The maximum Gasteiger partial charge on any atom is 0.345 e. The Labute approximate surface area is 154 Å². The highest BCUT2D eigenvalue weighted by molar-refractivity contribution is 5.85. The molecule has 0 amide bonds. The first kappa shape index (κ1) is 20.7. The molecule has 1 N–H and O–H groups in total. The van der Waals surface area contributed by atoms with Crippen LogP contribution in [-0.2, 0) is 19.6 Å². The van der Waals surface area contributed by atoms with Crippen LogP contribution in [0.5, 0.6) is 0 Å². The molecule has 7 nitrogen and oxygen atoms in total. The quantitative estimate of drug-likeness (QED) is 0.859. The minimum absolute atomic E-state index is 0. The number of nitrogens with zero attached hydrogens (tertiary/aromatic N) is 5. The van der Waals surface area contributed by atoms with Crippen molar-refractivity contribution in [2.24, 2.45) is 0 Å². The van der Waals surface area contributed by atoms with Crippen LogP contribution in [0.2, 0.25) is 0 Å². The number of hydrogen-bond acceptors (Lipinski definition) is 4. The molecular weight excluding hydrogens is 351 g/mol. The van der Waals surface area contributed by atoms with E-state index in [9.17, 15) is 4.79 Å². The van der Waals surface area contributed by atoms with Gasteiger partial charge in [-0.05, 0) is 45.8 Å². The van der Waals surface area contributed by atoms with Crippen LogP contribution in [0.15, 0.2) is 17.1 Å². The molecule has 3 rings (SSSR count). The molecule has 0 atom stereocenters. The minimum atomic E-state index is -0.0000827. The lowest BCUT2D eigenvalue weighted by Gasteiger charge is -2.21. The van der Waals surface area contributed by atoms with Crippen LogP contribution in [-0.4, -0.2) is 37.2 Å². The third-order valence-corrected chi connectivity index (χ3v) is 4.29. The Morgan fingerprint density at radius 3 is 2.50 bits per heavy atom. The largest absolute Gasteiger partial charge is 0.345 e. The molecule has 0 radical (unpaired) electrons. The average molecular weight is 377 g/mol. The fourth-order valence-electron chi connectivity index (χ4n) is 3.07. The summed E-state index contributed by atoms with van der Waals surface area (Å²) in [6.45, 7) is 7.88. The third kappa shape index (κ3) is 4.40. The van der Waals surface area contributed by atoms with Crippen LogP contribution in [0.25, 0.3) is 0 Å². The molecule has 24 heavy (non-hydrogen) atoms. The first-order valence-electron chi connectivity index (χ1n) is 8.07. The topological polar surface area (TPSA) is 69.7 Å². The van der Waals surface area contributed by atoms with Crippen LogP contribution in [0, 0.1) is 6.92 Å². The molecule has 0 saturated carbocycles. The maximum atomic E-state index is 12.5. The van der Waals surface area contributed by atoms with E-state index in [1.165, 1.54) is 0 Å². The van der Waals surface area contributed by atoms with Crippen molar-refractivity contribution < 1.29 is 0 Å². The van der Waals surface area contributed by atoms with Crippen molar-refractivity contribution in [1.29, 1.82) is 0 Å². The van der Waals surface area contributed by atoms with E-state index in [4.69, 9.17) is 0 Å². The molecule has 0 aliphatic carbocycles. The van der Waals surface area contributed by atoms with Crippen LogP contribution in [0.3, 0.4) is 0 Å². The lowest BCUT2D eigenvalue weighted by molar-refractivity contribution is 0.427. The number of halogens is 2. The molecule has 0 bridgehead atoms. The molecule has 1 fully saturated rings. The molecule has 136 valence electrons. The van der Waals surface area contributed by atoms with E-state index in [1.54, 1.807) is 4.68 Å². The summed E-state index contributed by atoms with van der Waals surface area (Å²) in [4.78, 5) is 12.5. The predicted molar refractivity (Wildman–Crippen MR) is 98.5 cm³/mol. The zero-order valence-corrected chi connectivity index (χ0v) is 15.8. The van der Waals surface area contributed by atoms with E-state index in [2.05, 4.69) is 15.5 Å². The van der Waals surface area contributed by atoms with Crippen LogP contribution < -0.4 is 11.0 Å². The second kappa shape index (κ2) is 9.25. The fourth-order valence-corrected chi connectivity index (χ4v) is 3.07. The smallest absolute Gasteiger partial charge is 0.317 e. The highest BCUT2D eigenvalue weighted by Crippen LogP contribution is 2.22. The van der Waals surface area contributed by atoms with Crippen molar-refractivity contribution in [3.8, 4) is 0 Å². The molecule has 3 heterocycles. The highest BCUT2D eigenvalue weighted by atomic mass is 35.5. The predicted octanol–water partition coefficient (Wildman–Crippen LogP) is 1.58. The summed E-state index contributed by atoms with van der Waals surface area (Å²) in [6.07, 6.45) is 4.04. The molecule has 1 aliphatic heterocycles. The van der Waals surface area contributed by atoms with E-state index in [0.717, 1.165) is 37.4 Å². The Hall–Kier alpha value is -1.31. The third-order valence-electron chi connectivity index (χ3n) is 4.29. The van der Waals surface area contributed by atoms with Gasteiger partial charge in [0.15, 0.2) is 0 Å². The number of aromatic nitrogens is 5. The summed E-state index contributed by atoms with van der Waals surface area (Å²) in [5.74, 6) is 1.34. The number of rotatable bonds is 5. The van der Waals surface area contributed by atoms with E-state index in [1.807, 2.05) is 35.4 Å². The zero-order valence-electron chi connectivity index (χ0n) is 14.1. The SMILES string of the molecule is CCn1c(C2CCNCC2)nn(CCn2ccc(C)n2)c1=O.Cl.Cl. The van der Waals surface area contributed by atoms with Gasteiger partial charge in [0.25, 0.3) is 0 Å². The van der Waals surface area contributed by atoms with Gasteiger partial charge in [0.05, 0.1) is 18.8 Å². The summed E-state index contributed by atoms with van der Waals surface area (Å²) in [5, 5.41) is 12.3. The molecule has 2 aromatic heterocycles. The van der Waals surface area contributed by atoms with E-state index < -0.39 is 0 Å². The first-order chi connectivity index (χ1) is 10.7. The van der Waals surface area contributed by atoms with Crippen molar-refractivity contribution in [2.75, 3.05) is 13.1 Å². The van der Waals surface area contributed by atoms with Gasteiger partial charge in [-0.3, -0.25) is 9.25 Å². The lowest BCUT2D eigenvalue weighted by atomic mass is 9.97. The van der Waals surface area contributed by atoms with Gasteiger partial charge in [0.2, 0.25) is 0 Å². The van der Waals surface area contributed by atoms with Crippen molar-refractivity contribution in [3.63, 3.8) is 0 Å². The van der Waals surface area contributed by atoms with Gasteiger partial charge in [-0.15, -0.1) is 24.8 Å². The van der Waals surface area contributed by atoms with Crippen molar-refractivity contribution in [3.05, 3.63) is 34.3 Å². The van der Waals surface area contributed by atoms with Crippen LogP contribution >= 0.6 is 24.8 Å². The number of piperidine rings is 1. The second-order valence-electron chi connectivity index (χ2n) is 5.85. The Morgan fingerprint density at radius 2 is 1.92 bits per heavy atom. The number of hydrogen-bond donors (Lipinski definition) is 1. The van der Waals surface area contributed by atoms with Crippen molar-refractivity contribution in [2.45, 2.75) is 52.2 Å². The van der Waals surface area contributed by atoms with Crippen LogP contribution in [0.1, 0.15) is 37.2 Å². The molecule has 1 aliphatic rings. The summed E-state index contributed by atoms with van der Waals surface area (Å²) in [7, 11) is 0. The Kier molecular flexibility index (Phi) is 7.99. The monoisotopic (exact) mass is 376 g/mol. The van der Waals surface area contributed by atoms with Gasteiger partial charge in [-0.1, -0.05) is 0 Å². The zero-order chi connectivity index (χ0) is 15.5. The summed E-state index contributed by atoms with van der Waals surface area (Å²) in [6, 6.07) is 1.97. The van der Waals surface area contributed by atoms with Gasteiger partial charge >= 0.3 is 5.69 Å². The average Bonchev–Trinajstić information content (AvgIpc) is 3.09. The number of nitrogens with one attached hydrogen (secondary N) is 1. The molecule has 2 aromatic rings. The van der Waals surface area contributed by atoms with Crippen molar-refractivity contribution >= 4 is 24.8 Å². The van der Waals surface area contributed by atoms with Crippen molar-refractivity contribution in [1.82, 2.24) is 29.4 Å². The molecule has 0 aromatic carbocycles. The Balaban J connectivity index is 0.00000144. The van der Waals surface area contributed by atoms with Gasteiger partial charge < -0.3 is 5.32 Å². The second-order valence-corrected chi connectivity index (χ2v) is 5.85. The fraction of sp³-hybridized carbons (Fsp3) is 0.667.